The van der Waals surface area contributed by atoms with Gasteiger partial charge in [0.25, 0.3) is 5.91 Å². The summed E-state index contributed by atoms with van der Waals surface area (Å²) < 4.78 is 6.63. The SMILES string of the molecule is O=C(NCC(=O)N1CCO[C@@H]2CCCC[C@H]21)c1cccc(Br)c1. The molecule has 1 saturated heterocycles. The van der Waals surface area contributed by atoms with Gasteiger partial charge in [0.2, 0.25) is 5.91 Å². The number of halogens is 1. The molecule has 0 radical (unpaired) electrons. The Labute approximate surface area is 144 Å². The fourth-order valence-electron chi connectivity index (χ4n) is 3.40. The van der Waals surface area contributed by atoms with Gasteiger partial charge in [-0.25, -0.2) is 0 Å². The summed E-state index contributed by atoms with van der Waals surface area (Å²) in [6.45, 7) is 1.24. The molecule has 2 atom stereocenters. The standard InChI is InChI=1S/C17H21BrN2O3/c18-13-5-3-4-12(10-13)17(22)19-11-16(21)20-8-9-23-15-7-2-1-6-14(15)20/h3-5,10,14-15H,1-2,6-9,11H2,(H,19,22)/t14-,15-/m1/s1. The normalized spacial score (nSPS) is 24.0. The monoisotopic (exact) mass is 380 g/mol. The van der Waals surface area contributed by atoms with Gasteiger partial charge < -0.3 is 15.0 Å². The van der Waals surface area contributed by atoms with E-state index in [0.29, 0.717) is 18.7 Å². The minimum Gasteiger partial charge on any atom is -0.374 e. The smallest absolute Gasteiger partial charge is 0.251 e. The maximum absolute atomic E-state index is 12.5. The third-order valence-electron chi connectivity index (χ3n) is 4.54. The Balaban J connectivity index is 1.57. The van der Waals surface area contributed by atoms with E-state index in [-0.39, 0.29) is 30.5 Å². The number of rotatable bonds is 3. The average molecular weight is 381 g/mol. The molecule has 23 heavy (non-hydrogen) atoms. The van der Waals surface area contributed by atoms with E-state index in [4.69, 9.17) is 4.74 Å². The minimum absolute atomic E-state index is 0.0199. The molecule has 1 N–H and O–H groups in total. The first-order valence-corrected chi connectivity index (χ1v) is 8.89. The van der Waals surface area contributed by atoms with E-state index in [1.54, 1.807) is 18.2 Å². The number of nitrogens with one attached hydrogen (secondary N) is 1. The number of carbonyl (C=O) groups excluding carboxylic acids is 2. The minimum atomic E-state index is -0.229. The topological polar surface area (TPSA) is 58.6 Å². The Morgan fingerprint density at radius 3 is 2.96 bits per heavy atom. The van der Waals surface area contributed by atoms with E-state index in [1.807, 2.05) is 11.0 Å². The van der Waals surface area contributed by atoms with Crippen molar-refractivity contribution in [3.05, 3.63) is 34.3 Å². The van der Waals surface area contributed by atoms with Crippen LogP contribution in [-0.4, -0.2) is 48.6 Å². The summed E-state index contributed by atoms with van der Waals surface area (Å²) in [4.78, 5) is 26.5. The van der Waals surface area contributed by atoms with Crippen LogP contribution in [0.15, 0.2) is 28.7 Å². The summed E-state index contributed by atoms with van der Waals surface area (Å²) in [5.41, 5.74) is 0.546. The maximum atomic E-state index is 12.5. The van der Waals surface area contributed by atoms with Crippen molar-refractivity contribution in [2.24, 2.45) is 0 Å². The molecule has 0 unspecified atom stereocenters. The van der Waals surface area contributed by atoms with Gasteiger partial charge in [-0.05, 0) is 31.0 Å². The summed E-state index contributed by atoms with van der Waals surface area (Å²) in [5.74, 6) is -0.248. The number of nitrogens with zero attached hydrogens (tertiary/aromatic N) is 1. The Morgan fingerprint density at radius 1 is 1.30 bits per heavy atom. The van der Waals surface area contributed by atoms with E-state index < -0.39 is 0 Å². The van der Waals surface area contributed by atoms with Crippen molar-refractivity contribution < 1.29 is 14.3 Å². The lowest BCUT2D eigenvalue weighted by Gasteiger charge is -2.43. The van der Waals surface area contributed by atoms with Crippen molar-refractivity contribution in [1.29, 1.82) is 0 Å². The van der Waals surface area contributed by atoms with Gasteiger partial charge >= 0.3 is 0 Å². The number of amides is 2. The molecule has 1 aromatic carbocycles. The van der Waals surface area contributed by atoms with E-state index in [0.717, 1.165) is 23.7 Å². The Kier molecular flexibility index (Phi) is 5.33. The number of ether oxygens (including phenoxy) is 1. The van der Waals surface area contributed by atoms with Crippen LogP contribution in [0.5, 0.6) is 0 Å². The van der Waals surface area contributed by atoms with Crippen molar-refractivity contribution in [2.45, 2.75) is 37.8 Å². The molecule has 1 aliphatic heterocycles. The number of hydrogen-bond acceptors (Lipinski definition) is 3. The van der Waals surface area contributed by atoms with Crippen LogP contribution in [0.2, 0.25) is 0 Å². The first-order valence-electron chi connectivity index (χ1n) is 8.10. The highest BCUT2D eigenvalue weighted by atomic mass is 79.9. The molecular formula is C17H21BrN2O3. The molecule has 1 saturated carbocycles. The number of fused-ring (bicyclic) bond motifs is 1. The molecule has 2 fully saturated rings. The van der Waals surface area contributed by atoms with Crippen molar-refractivity contribution in [2.75, 3.05) is 19.7 Å². The first kappa shape index (κ1) is 16.5. The molecule has 2 aliphatic rings. The molecule has 1 heterocycles. The molecule has 0 spiro atoms. The van der Waals surface area contributed by atoms with E-state index in [9.17, 15) is 9.59 Å². The zero-order chi connectivity index (χ0) is 16.2. The summed E-state index contributed by atoms with van der Waals surface area (Å²) in [7, 11) is 0. The molecule has 124 valence electrons. The van der Waals surface area contributed by atoms with Gasteiger partial charge in [0.05, 0.1) is 25.3 Å². The van der Waals surface area contributed by atoms with E-state index in [2.05, 4.69) is 21.2 Å². The summed E-state index contributed by atoms with van der Waals surface area (Å²) >= 11 is 3.34. The number of hydrogen-bond donors (Lipinski definition) is 1. The predicted octanol–water partition coefficient (Wildman–Crippen LogP) is 2.35. The molecule has 1 aromatic rings. The third-order valence-corrected chi connectivity index (χ3v) is 5.03. The average Bonchev–Trinajstić information content (AvgIpc) is 2.59. The Morgan fingerprint density at radius 2 is 2.13 bits per heavy atom. The van der Waals surface area contributed by atoms with Crippen molar-refractivity contribution in [3.63, 3.8) is 0 Å². The van der Waals surface area contributed by atoms with Crippen LogP contribution in [0.3, 0.4) is 0 Å². The lowest BCUT2D eigenvalue weighted by atomic mass is 9.90. The number of benzene rings is 1. The van der Waals surface area contributed by atoms with Crippen LogP contribution in [0.1, 0.15) is 36.0 Å². The molecule has 1 aliphatic carbocycles. The van der Waals surface area contributed by atoms with Gasteiger partial charge in [-0.1, -0.05) is 34.8 Å². The maximum Gasteiger partial charge on any atom is 0.251 e. The van der Waals surface area contributed by atoms with Gasteiger partial charge in [0.1, 0.15) is 0 Å². The van der Waals surface area contributed by atoms with Crippen LogP contribution in [0, 0.1) is 0 Å². The van der Waals surface area contributed by atoms with E-state index in [1.165, 1.54) is 6.42 Å². The first-order chi connectivity index (χ1) is 11.1. The predicted molar refractivity (Wildman–Crippen MR) is 90.2 cm³/mol. The van der Waals surface area contributed by atoms with Gasteiger partial charge in [-0.15, -0.1) is 0 Å². The second-order valence-corrected chi connectivity index (χ2v) is 6.96. The lowest BCUT2D eigenvalue weighted by Crippen LogP contribution is -2.56. The highest BCUT2D eigenvalue weighted by molar-refractivity contribution is 9.10. The van der Waals surface area contributed by atoms with Crippen molar-refractivity contribution in [1.82, 2.24) is 10.2 Å². The van der Waals surface area contributed by atoms with Crippen LogP contribution >= 0.6 is 15.9 Å². The molecule has 0 aromatic heterocycles. The van der Waals surface area contributed by atoms with Gasteiger partial charge in [-0.2, -0.15) is 0 Å². The largest absolute Gasteiger partial charge is 0.374 e. The number of carbonyl (C=O) groups is 2. The molecule has 6 heteroatoms. The molecular weight excluding hydrogens is 360 g/mol. The van der Waals surface area contributed by atoms with Crippen LogP contribution in [-0.2, 0) is 9.53 Å². The summed E-state index contributed by atoms with van der Waals surface area (Å²) in [6, 6.07) is 7.31. The quantitative estimate of drug-likeness (QED) is 0.875. The second-order valence-electron chi connectivity index (χ2n) is 6.04. The Hall–Kier alpha value is -1.40. The Bertz CT molecular complexity index is 591. The van der Waals surface area contributed by atoms with Crippen molar-refractivity contribution >= 4 is 27.7 Å². The van der Waals surface area contributed by atoms with Crippen LogP contribution < -0.4 is 5.32 Å². The highest BCUT2D eigenvalue weighted by Gasteiger charge is 2.36. The second kappa shape index (κ2) is 7.45. The van der Waals surface area contributed by atoms with Gasteiger partial charge in [0, 0.05) is 16.6 Å². The third kappa shape index (κ3) is 3.93. The fraction of sp³-hybridized carbons (Fsp3) is 0.529. The van der Waals surface area contributed by atoms with Crippen LogP contribution in [0.25, 0.3) is 0 Å². The van der Waals surface area contributed by atoms with Crippen molar-refractivity contribution in [3.8, 4) is 0 Å². The van der Waals surface area contributed by atoms with Crippen LogP contribution in [0.4, 0.5) is 0 Å². The highest BCUT2D eigenvalue weighted by Crippen LogP contribution is 2.28. The summed E-state index contributed by atoms with van der Waals surface area (Å²) in [6.07, 6.45) is 4.50. The van der Waals surface area contributed by atoms with Gasteiger partial charge in [-0.3, -0.25) is 9.59 Å². The molecule has 3 rings (SSSR count). The molecule has 2 amide bonds. The molecule has 0 bridgehead atoms. The molecule has 5 nitrogen and oxygen atoms in total. The fourth-order valence-corrected chi connectivity index (χ4v) is 3.79. The number of morpholine rings is 1. The zero-order valence-electron chi connectivity index (χ0n) is 13.0. The summed E-state index contributed by atoms with van der Waals surface area (Å²) in [5, 5.41) is 2.73. The zero-order valence-corrected chi connectivity index (χ0v) is 14.5. The van der Waals surface area contributed by atoms with Gasteiger partial charge in [0.15, 0.2) is 0 Å². The lowest BCUT2D eigenvalue weighted by molar-refractivity contribution is -0.148. The van der Waals surface area contributed by atoms with E-state index >= 15 is 0 Å².